The summed E-state index contributed by atoms with van der Waals surface area (Å²) < 4.78 is 0.669. The van der Waals surface area contributed by atoms with Crippen molar-refractivity contribution >= 4 is 28.7 Å². The predicted octanol–water partition coefficient (Wildman–Crippen LogP) is 3.60. The fourth-order valence-corrected chi connectivity index (χ4v) is 3.23. The van der Waals surface area contributed by atoms with Gasteiger partial charge in [0.1, 0.15) is 0 Å². The summed E-state index contributed by atoms with van der Waals surface area (Å²) >= 11 is 7.20. The molecule has 0 saturated heterocycles. The summed E-state index contributed by atoms with van der Waals surface area (Å²) in [4.78, 5) is 15.0. The van der Waals surface area contributed by atoms with Gasteiger partial charge in [0.2, 0.25) is 0 Å². The fraction of sp³-hybridized carbons (Fsp3) is 0.214. The summed E-state index contributed by atoms with van der Waals surface area (Å²) in [6, 6.07) is 11.9. The molecule has 92 valence electrons. The maximum Gasteiger partial charge on any atom is 0.186 e. The van der Waals surface area contributed by atoms with E-state index in [0.29, 0.717) is 10.9 Å². The summed E-state index contributed by atoms with van der Waals surface area (Å²) in [5.74, 6) is 0.153. The van der Waals surface area contributed by atoms with Gasteiger partial charge in [-0.05, 0) is 23.3 Å². The maximum atomic E-state index is 12.1. The Labute approximate surface area is 115 Å². The van der Waals surface area contributed by atoms with Crippen LogP contribution in [0.2, 0.25) is 4.34 Å². The number of nitrogens with zero attached hydrogens (tertiary/aromatic N) is 1. The molecule has 0 fully saturated rings. The zero-order valence-corrected chi connectivity index (χ0v) is 11.3. The molecule has 18 heavy (non-hydrogen) atoms. The quantitative estimate of drug-likeness (QED) is 0.799. The predicted molar refractivity (Wildman–Crippen MR) is 74.2 cm³/mol. The highest BCUT2D eigenvalue weighted by Crippen LogP contribution is 2.25. The van der Waals surface area contributed by atoms with Gasteiger partial charge in [-0.15, -0.1) is 11.3 Å². The van der Waals surface area contributed by atoms with Gasteiger partial charge in [-0.25, -0.2) is 0 Å². The topological polar surface area (TPSA) is 20.3 Å². The Kier molecular flexibility index (Phi) is 3.20. The molecule has 0 radical (unpaired) electrons. The molecular formula is C14H12ClNOS. The lowest BCUT2D eigenvalue weighted by Crippen LogP contribution is -2.24. The normalized spacial score (nSPS) is 14.7. The van der Waals surface area contributed by atoms with E-state index in [2.05, 4.69) is 17.0 Å². The molecule has 0 amide bonds. The van der Waals surface area contributed by atoms with Gasteiger partial charge in [-0.2, -0.15) is 0 Å². The average molecular weight is 278 g/mol. The molecule has 0 spiro atoms. The number of ketones is 1. The van der Waals surface area contributed by atoms with E-state index in [0.717, 1.165) is 18.0 Å². The van der Waals surface area contributed by atoms with Crippen LogP contribution < -0.4 is 0 Å². The van der Waals surface area contributed by atoms with Crippen LogP contribution in [0.15, 0.2) is 36.4 Å². The minimum atomic E-state index is 0.153. The van der Waals surface area contributed by atoms with Gasteiger partial charge in [0.05, 0.1) is 15.8 Å². The number of benzene rings is 1. The van der Waals surface area contributed by atoms with Crippen LogP contribution in [-0.4, -0.2) is 17.2 Å². The number of hydrogen-bond acceptors (Lipinski definition) is 3. The number of hydrogen-bond donors (Lipinski definition) is 0. The smallest absolute Gasteiger partial charge is 0.186 e. The van der Waals surface area contributed by atoms with Crippen molar-refractivity contribution in [3.63, 3.8) is 0 Å². The Morgan fingerprint density at radius 1 is 1.17 bits per heavy atom. The first kappa shape index (κ1) is 11.9. The van der Waals surface area contributed by atoms with E-state index in [1.54, 1.807) is 12.1 Å². The van der Waals surface area contributed by atoms with E-state index >= 15 is 0 Å². The monoisotopic (exact) mass is 277 g/mol. The molecule has 0 saturated carbocycles. The van der Waals surface area contributed by atoms with Crippen LogP contribution in [0.1, 0.15) is 20.8 Å². The number of fused-ring (bicyclic) bond motifs is 1. The molecule has 0 bridgehead atoms. The van der Waals surface area contributed by atoms with E-state index in [1.165, 1.54) is 22.5 Å². The minimum absolute atomic E-state index is 0.153. The summed E-state index contributed by atoms with van der Waals surface area (Å²) in [5, 5.41) is 0. The molecule has 3 rings (SSSR count). The zero-order chi connectivity index (χ0) is 12.5. The molecule has 2 nitrogen and oxygen atoms in total. The van der Waals surface area contributed by atoms with Gasteiger partial charge in [0, 0.05) is 13.1 Å². The third kappa shape index (κ3) is 2.34. The Bertz CT molecular complexity index is 568. The molecule has 1 aliphatic rings. The van der Waals surface area contributed by atoms with Crippen molar-refractivity contribution in [3.05, 3.63) is 56.7 Å². The second-order valence-corrected chi connectivity index (χ2v) is 6.16. The lowest BCUT2D eigenvalue weighted by atomic mass is 10.1. The Morgan fingerprint density at radius 3 is 2.39 bits per heavy atom. The molecule has 4 heteroatoms. The van der Waals surface area contributed by atoms with Crippen molar-refractivity contribution in [1.29, 1.82) is 0 Å². The molecule has 2 heterocycles. The third-order valence-corrected chi connectivity index (χ3v) is 4.39. The van der Waals surface area contributed by atoms with Crippen LogP contribution >= 0.6 is 22.9 Å². The summed E-state index contributed by atoms with van der Waals surface area (Å²) in [5.41, 5.74) is 2.66. The number of rotatable bonds is 3. The van der Waals surface area contributed by atoms with Gasteiger partial charge in [-0.1, -0.05) is 35.9 Å². The van der Waals surface area contributed by atoms with Crippen LogP contribution in [-0.2, 0) is 13.1 Å². The zero-order valence-electron chi connectivity index (χ0n) is 9.73. The summed E-state index contributed by atoms with van der Waals surface area (Å²) in [6.45, 7) is 2.19. The van der Waals surface area contributed by atoms with Crippen molar-refractivity contribution in [2.24, 2.45) is 0 Å². The van der Waals surface area contributed by atoms with Crippen LogP contribution in [0.3, 0.4) is 0 Å². The van der Waals surface area contributed by atoms with Crippen molar-refractivity contribution < 1.29 is 4.79 Å². The number of Topliss-reactive ketones (excluding diaryl/α,β-unsaturated/α-hetero) is 1. The van der Waals surface area contributed by atoms with Crippen molar-refractivity contribution in [2.75, 3.05) is 6.54 Å². The van der Waals surface area contributed by atoms with Crippen LogP contribution in [0.25, 0.3) is 0 Å². The van der Waals surface area contributed by atoms with Gasteiger partial charge < -0.3 is 0 Å². The second kappa shape index (κ2) is 4.84. The van der Waals surface area contributed by atoms with E-state index in [-0.39, 0.29) is 5.78 Å². The molecule has 0 unspecified atom stereocenters. The van der Waals surface area contributed by atoms with Crippen molar-refractivity contribution in [2.45, 2.75) is 13.1 Å². The lowest BCUT2D eigenvalue weighted by molar-refractivity contribution is 0.0933. The van der Waals surface area contributed by atoms with Gasteiger partial charge in [0.15, 0.2) is 5.78 Å². The van der Waals surface area contributed by atoms with Crippen molar-refractivity contribution in [3.8, 4) is 0 Å². The van der Waals surface area contributed by atoms with Gasteiger partial charge >= 0.3 is 0 Å². The van der Waals surface area contributed by atoms with Crippen LogP contribution in [0, 0.1) is 0 Å². The van der Waals surface area contributed by atoms with E-state index in [4.69, 9.17) is 11.6 Å². The second-order valence-electron chi connectivity index (χ2n) is 4.44. The molecule has 0 aliphatic carbocycles. The number of carbonyl (C=O) groups excluding carboxylic acids is 1. The first-order valence-corrected chi connectivity index (χ1v) is 6.99. The molecule has 0 atom stereocenters. The lowest BCUT2D eigenvalue weighted by Gasteiger charge is -2.12. The SMILES string of the molecule is O=C(CN1Cc2ccccc2C1)c1ccc(Cl)s1. The van der Waals surface area contributed by atoms with Gasteiger partial charge in [-0.3, -0.25) is 9.69 Å². The highest BCUT2D eigenvalue weighted by Gasteiger charge is 2.21. The van der Waals surface area contributed by atoms with E-state index in [1.807, 2.05) is 12.1 Å². The largest absolute Gasteiger partial charge is 0.292 e. The number of thiophene rings is 1. The standard InChI is InChI=1S/C14H12ClNOS/c15-14-6-5-13(18-14)12(17)9-16-7-10-3-1-2-4-11(10)8-16/h1-6H,7-9H2. The Hall–Kier alpha value is -1.16. The fourth-order valence-electron chi connectivity index (χ4n) is 2.26. The molecule has 1 aliphatic heterocycles. The Balaban J connectivity index is 1.68. The Morgan fingerprint density at radius 2 is 1.83 bits per heavy atom. The molecular weight excluding hydrogens is 266 g/mol. The average Bonchev–Trinajstić information content (AvgIpc) is 2.94. The first-order chi connectivity index (χ1) is 8.72. The molecule has 1 aromatic carbocycles. The van der Waals surface area contributed by atoms with Crippen molar-refractivity contribution in [1.82, 2.24) is 4.90 Å². The van der Waals surface area contributed by atoms with Gasteiger partial charge in [0.25, 0.3) is 0 Å². The molecule has 0 N–H and O–H groups in total. The maximum absolute atomic E-state index is 12.1. The number of carbonyl (C=O) groups is 1. The van der Waals surface area contributed by atoms with E-state index in [9.17, 15) is 4.79 Å². The molecule has 2 aromatic rings. The molecule has 1 aromatic heterocycles. The van der Waals surface area contributed by atoms with Crippen LogP contribution in [0.4, 0.5) is 0 Å². The van der Waals surface area contributed by atoms with E-state index < -0.39 is 0 Å². The minimum Gasteiger partial charge on any atom is -0.292 e. The first-order valence-electron chi connectivity index (χ1n) is 5.80. The third-order valence-electron chi connectivity index (χ3n) is 3.12. The number of halogens is 1. The highest BCUT2D eigenvalue weighted by atomic mass is 35.5. The highest BCUT2D eigenvalue weighted by molar-refractivity contribution is 7.18. The summed E-state index contributed by atoms with van der Waals surface area (Å²) in [7, 11) is 0. The van der Waals surface area contributed by atoms with Crippen LogP contribution in [0.5, 0.6) is 0 Å². The summed E-state index contributed by atoms with van der Waals surface area (Å²) in [6.07, 6.45) is 0.